The molecule has 0 spiro atoms. The molecule has 1 aromatic carbocycles. The Bertz CT molecular complexity index is 910. The van der Waals surface area contributed by atoms with Crippen LogP contribution in [0.5, 0.6) is 11.5 Å². The maximum Gasteiger partial charge on any atom is 0.195 e. The van der Waals surface area contributed by atoms with Gasteiger partial charge in [0, 0.05) is 10.4 Å². The summed E-state index contributed by atoms with van der Waals surface area (Å²) in [5.74, 6) is 1.52. The van der Waals surface area contributed by atoms with Crippen molar-refractivity contribution in [2.75, 3.05) is 13.2 Å². The fourth-order valence-corrected chi connectivity index (χ4v) is 4.08. The molecule has 0 saturated heterocycles. The Morgan fingerprint density at radius 2 is 2.09 bits per heavy atom. The van der Waals surface area contributed by atoms with E-state index in [9.17, 15) is 4.79 Å². The molecule has 3 heterocycles. The van der Waals surface area contributed by atoms with Crippen molar-refractivity contribution in [3.8, 4) is 22.8 Å². The van der Waals surface area contributed by atoms with Gasteiger partial charge in [0.1, 0.15) is 18.9 Å². The lowest BCUT2D eigenvalue weighted by Gasteiger charge is -2.19. The van der Waals surface area contributed by atoms with Gasteiger partial charge in [-0.2, -0.15) is 0 Å². The van der Waals surface area contributed by atoms with E-state index in [0.29, 0.717) is 18.9 Å². The summed E-state index contributed by atoms with van der Waals surface area (Å²) in [7, 11) is 0. The zero-order valence-corrected chi connectivity index (χ0v) is 13.8. The molecule has 4 rings (SSSR count). The van der Waals surface area contributed by atoms with Crippen LogP contribution in [0.25, 0.3) is 16.2 Å². The molecule has 0 N–H and O–H groups in total. The summed E-state index contributed by atoms with van der Waals surface area (Å²) in [4.78, 5) is 18.1. The van der Waals surface area contributed by atoms with Crippen molar-refractivity contribution in [1.82, 2.24) is 9.38 Å². The Hall–Kier alpha value is -2.34. The summed E-state index contributed by atoms with van der Waals surface area (Å²) in [6.07, 6.45) is 1.76. The van der Waals surface area contributed by atoms with E-state index in [4.69, 9.17) is 9.47 Å². The van der Waals surface area contributed by atoms with Crippen molar-refractivity contribution >= 4 is 22.6 Å². The third-order valence-corrected chi connectivity index (χ3v) is 5.20. The molecule has 2 aromatic heterocycles. The van der Waals surface area contributed by atoms with Crippen LogP contribution in [-0.2, 0) is 6.42 Å². The van der Waals surface area contributed by atoms with E-state index in [1.807, 2.05) is 29.5 Å². The molecule has 0 saturated carbocycles. The van der Waals surface area contributed by atoms with Crippen molar-refractivity contribution < 1.29 is 14.3 Å². The van der Waals surface area contributed by atoms with Crippen LogP contribution in [0, 0.1) is 6.92 Å². The quantitative estimate of drug-likeness (QED) is 0.690. The standard InChI is InChI=1S/C17H16N2O3S/c1-3-15-16(19-12(9-20)10(2)18-17(19)23-15)11-4-5-13-14(8-11)22-7-6-21-13/h4-5,8-9H,3,6-7H2,1-2H3. The molecule has 0 radical (unpaired) electrons. The number of hydrogen-bond donors (Lipinski definition) is 0. The van der Waals surface area contributed by atoms with Gasteiger partial charge >= 0.3 is 0 Å². The number of aromatic nitrogens is 2. The fourth-order valence-electron chi connectivity index (χ4n) is 2.94. The Morgan fingerprint density at radius 1 is 1.30 bits per heavy atom. The molecule has 0 aliphatic carbocycles. The number of benzene rings is 1. The third kappa shape index (κ3) is 2.13. The van der Waals surface area contributed by atoms with E-state index in [2.05, 4.69) is 11.9 Å². The van der Waals surface area contributed by atoms with Crippen molar-refractivity contribution in [3.63, 3.8) is 0 Å². The van der Waals surface area contributed by atoms with Crippen molar-refractivity contribution in [1.29, 1.82) is 0 Å². The number of rotatable bonds is 3. The minimum absolute atomic E-state index is 0.555. The lowest BCUT2D eigenvalue weighted by atomic mass is 10.1. The lowest BCUT2D eigenvalue weighted by molar-refractivity contribution is 0.111. The first-order valence-corrected chi connectivity index (χ1v) is 8.40. The summed E-state index contributed by atoms with van der Waals surface area (Å²) >= 11 is 1.63. The van der Waals surface area contributed by atoms with Crippen LogP contribution in [-0.4, -0.2) is 28.9 Å². The highest BCUT2D eigenvalue weighted by Gasteiger charge is 2.21. The molecule has 0 bridgehead atoms. The Morgan fingerprint density at radius 3 is 2.83 bits per heavy atom. The van der Waals surface area contributed by atoms with E-state index in [1.54, 1.807) is 11.3 Å². The highest BCUT2D eigenvalue weighted by Crippen LogP contribution is 2.39. The molecule has 1 aliphatic rings. The average molecular weight is 328 g/mol. The zero-order chi connectivity index (χ0) is 16.0. The topological polar surface area (TPSA) is 52.8 Å². The first-order chi connectivity index (χ1) is 11.2. The van der Waals surface area contributed by atoms with Gasteiger partial charge in [-0.1, -0.05) is 6.92 Å². The average Bonchev–Trinajstić information content (AvgIpc) is 3.08. The SMILES string of the molecule is CCc1sc2nc(C)c(C=O)n2c1-c1ccc2c(c1)OCCO2. The van der Waals surface area contributed by atoms with E-state index < -0.39 is 0 Å². The number of imidazole rings is 1. The minimum Gasteiger partial charge on any atom is -0.486 e. The van der Waals surface area contributed by atoms with E-state index >= 15 is 0 Å². The van der Waals surface area contributed by atoms with Gasteiger partial charge in [-0.3, -0.25) is 9.20 Å². The number of carbonyl (C=O) groups excluding carboxylic acids is 1. The van der Waals surface area contributed by atoms with Crippen LogP contribution < -0.4 is 9.47 Å². The highest BCUT2D eigenvalue weighted by atomic mass is 32.1. The number of nitrogens with zero attached hydrogens (tertiary/aromatic N) is 2. The van der Waals surface area contributed by atoms with Crippen LogP contribution in [0.15, 0.2) is 18.2 Å². The van der Waals surface area contributed by atoms with Gasteiger partial charge < -0.3 is 9.47 Å². The van der Waals surface area contributed by atoms with Crippen LogP contribution in [0.3, 0.4) is 0 Å². The predicted molar refractivity (Wildman–Crippen MR) is 89.0 cm³/mol. The smallest absolute Gasteiger partial charge is 0.195 e. The van der Waals surface area contributed by atoms with Gasteiger partial charge in [0.05, 0.1) is 11.4 Å². The molecule has 0 atom stereocenters. The third-order valence-electron chi connectivity index (χ3n) is 4.02. The van der Waals surface area contributed by atoms with Crippen LogP contribution in [0.1, 0.15) is 28.0 Å². The van der Waals surface area contributed by atoms with Crippen LogP contribution in [0.2, 0.25) is 0 Å². The first kappa shape index (κ1) is 14.3. The van der Waals surface area contributed by atoms with Crippen molar-refractivity contribution in [2.45, 2.75) is 20.3 Å². The van der Waals surface area contributed by atoms with Crippen molar-refractivity contribution in [3.05, 3.63) is 34.5 Å². The summed E-state index contributed by atoms with van der Waals surface area (Å²) in [5, 5.41) is 0. The molecular weight excluding hydrogens is 312 g/mol. The Balaban J connectivity index is 1.98. The Labute approximate surface area is 137 Å². The molecule has 6 heteroatoms. The molecule has 1 aliphatic heterocycles. The molecule has 3 aromatic rings. The molecular formula is C17H16N2O3S. The van der Waals surface area contributed by atoms with Crippen LogP contribution >= 0.6 is 11.3 Å². The number of carbonyl (C=O) groups is 1. The normalized spacial score (nSPS) is 13.5. The predicted octanol–water partition coefficient (Wildman–Crippen LogP) is 3.52. The summed E-state index contributed by atoms with van der Waals surface area (Å²) in [5.41, 5.74) is 3.40. The second kappa shape index (κ2) is 5.38. The lowest BCUT2D eigenvalue weighted by Crippen LogP contribution is -2.15. The number of thiazole rings is 1. The minimum atomic E-state index is 0.555. The maximum atomic E-state index is 11.5. The molecule has 118 valence electrons. The molecule has 23 heavy (non-hydrogen) atoms. The highest BCUT2D eigenvalue weighted by molar-refractivity contribution is 7.17. The molecule has 0 fully saturated rings. The Kier molecular flexibility index (Phi) is 3.34. The zero-order valence-electron chi connectivity index (χ0n) is 13.0. The van der Waals surface area contributed by atoms with E-state index in [1.165, 1.54) is 4.88 Å². The fraction of sp³-hybridized carbons (Fsp3) is 0.294. The monoisotopic (exact) mass is 328 g/mol. The summed E-state index contributed by atoms with van der Waals surface area (Å²) in [6, 6.07) is 5.92. The summed E-state index contributed by atoms with van der Waals surface area (Å²) < 4.78 is 13.2. The van der Waals surface area contributed by atoms with Gasteiger partial charge in [-0.25, -0.2) is 4.98 Å². The molecule has 5 nitrogen and oxygen atoms in total. The van der Waals surface area contributed by atoms with E-state index in [-0.39, 0.29) is 0 Å². The molecule has 0 unspecified atom stereocenters. The maximum absolute atomic E-state index is 11.5. The van der Waals surface area contributed by atoms with Gasteiger partial charge in [0.2, 0.25) is 0 Å². The van der Waals surface area contributed by atoms with E-state index in [0.717, 1.165) is 46.1 Å². The number of ether oxygens (including phenoxy) is 2. The first-order valence-electron chi connectivity index (χ1n) is 7.58. The van der Waals surface area contributed by atoms with Gasteiger partial charge in [0.25, 0.3) is 0 Å². The molecule has 0 amide bonds. The second-order valence-electron chi connectivity index (χ2n) is 5.40. The summed E-state index contributed by atoms with van der Waals surface area (Å²) in [6.45, 7) is 5.11. The van der Waals surface area contributed by atoms with Gasteiger partial charge in [-0.05, 0) is 31.5 Å². The number of aldehydes is 1. The number of hydrogen-bond acceptors (Lipinski definition) is 5. The number of fused-ring (bicyclic) bond motifs is 2. The largest absolute Gasteiger partial charge is 0.486 e. The van der Waals surface area contributed by atoms with Gasteiger partial charge in [-0.15, -0.1) is 11.3 Å². The van der Waals surface area contributed by atoms with Crippen molar-refractivity contribution in [2.24, 2.45) is 0 Å². The number of aryl methyl sites for hydroxylation is 2. The van der Waals surface area contributed by atoms with Crippen LogP contribution in [0.4, 0.5) is 0 Å². The second-order valence-corrected chi connectivity index (χ2v) is 6.47. The van der Waals surface area contributed by atoms with Gasteiger partial charge in [0.15, 0.2) is 22.7 Å².